The molecule has 0 amide bonds. The van der Waals surface area contributed by atoms with E-state index in [1.165, 1.54) is 12.8 Å². The van der Waals surface area contributed by atoms with Gasteiger partial charge in [-0.3, -0.25) is 4.79 Å². The number of hydrogen-bond donors (Lipinski definition) is 0. The van der Waals surface area contributed by atoms with E-state index in [4.69, 9.17) is 0 Å². The summed E-state index contributed by atoms with van der Waals surface area (Å²) in [5.74, 6) is 1.85. The van der Waals surface area contributed by atoms with Gasteiger partial charge in [0.25, 0.3) is 0 Å². The third-order valence-electron chi connectivity index (χ3n) is 2.55. The average molecular weight is 178 g/mol. The molecule has 3 heteroatoms. The van der Waals surface area contributed by atoms with Gasteiger partial charge in [0, 0.05) is 13.5 Å². The van der Waals surface area contributed by atoms with Crippen molar-refractivity contribution in [1.29, 1.82) is 0 Å². The average Bonchev–Trinajstić information content (AvgIpc) is 2.78. The van der Waals surface area contributed by atoms with Gasteiger partial charge >= 0.3 is 0 Å². The van der Waals surface area contributed by atoms with Gasteiger partial charge in [-0.15, -0.1) is 0 Å². The van der Waals surface area contributed by atoms with E-state index in [1.54, 1.807) is 13.1 Å². The SMILES string of the molecule is CC(=O)c1cnc(C)n1CC1CC1. The minimum Gasteiger partial charge on any atom is -0.326 e. The molecule has 0 N–H and O–H groups in total. The molecule has 0 radical (unpaired) electrons. The van der Waals surface area contributed by atoms with E-state index in [0.29, 0.717) is 0 Å². The van der Waals surface area contributed by atoms with E-state index < -0.39 is 0 Å². The van der Waals surface area contributed by atoms with Crippen LogP contribution in [0, 0.1) is 12.8 Å². The Labute approximate surface area is 77.8 Å². The van der Waals surface area contributed by atoms with Crippen molar-refractivity contribution < 1.29 is 4.79 Å². The predicted molar refractivity (Wildman–Crippen MR) is 49.7 cm³/mol. The van der Waals surface area contributed by atoms with Gasteiger partial charge < -0.3 is 4.57 Å². The number of carbonyl (C=O) groups is 1. The first-order valence-corrected chi connectivity index (χ1v) is 4.71. The molecule has 0 spiro atoms. The molecule has 1 heterocycles. The van der Waals surface area contributed by atoms with Crippen LogP contribution in [-0.4, -0.2) is 15.3 Å². The van der Waals surface area contributed by atoms with Crippen LogP contribution in [0.1, 0.15) is 36.1 Å². The fourth-order valence-corrected chi connectivity index (χ4v) is 1.54. The normalized spacial score (nSPS) is 16.2. The van der Waals surface area contributed by atoms with Gasteiger partial charge in [-0.05, 0) is 25.7 Å². The molecule has 1 saturated carbocycles. The molecular formula is C10H14N2O. The second-order valence-electron chi connectivity index (χ2n) is 3.80. The Morgan fingerprint density at radius 3 is 2.92 bits per heavy atom. The van der Waals surface area contributed by atoms with E-state index in [0.717, 1.165) is 24.0 Å². The lowest BCUT2D eigenvalue weighted by molar-refractivity contribution is 0.100. The summed E-state index contributed by atoms with van der Waals surface area (Å²) in [7, 11) is 0. The second-order valence-corrected chi connectivity index (χ2v) is 3.80. The summed E-state index contributed by atoms with van der Waals surface area (Å²) < 4.78 is 2.04. The zero-order chi connectivity index (χ0) is 9.42. The number of ketones is 1. The number of imidazole rings is 1. The van der Waals surface area contributed by atoms with E-state index in [1.807, 2.05) is 11.5 Å². The topological polar surface area (TPSA) is 34.9 Å². The van der Waals surface area contributed by atoms with Crippen LogP contribution >= 0.6 is 0 Å². The molecule has 1 aliphatic carbocycles. The number of aryl methyl sites for hydroxylation is 1. The first kappa shape index (κ1) is 8.48. The molecule has 3 nitrogen and oxygen atoms in total. The van der Waals surface area contributed by atoms with Crippen LogP contribution in [0.5, 0.6) is 0 Å². The van der Waals surface area contributed by atoms with Crippen molar-refractivity contribution in [3.63, 3.8) is 0 Å². The highest BCUT2D eigenvalue weighted by Crippen LogP contribution is 2.31. The Hall–Kier alpha value is -1.12. The van der Waals surface area contributed by atoms with Crippen LogP contribution in [0.25, 0.3) is 0 Å². The van der Waals surface area contributed by atoms with Crippen molar-refractivity contribution in [2.75, 3.05) is 0 Å². The van der Waals surface area contributed by atoms with Gasteiger partial charge in [-0.2, -0.15) is 0 Å². The Morgan fingerprint density at radius 1 is 1.69 bits per heavy atom. The van der Waals surface area contributed by atoms with E-state index >= 15 is 0 Å². The minimum absolute atomic E-state index is 0.112. The van der Waals surface area contributed by atoms with Crippen molar-refractivity contribution in [2.45, 2.75) is 33.2 Å². The molecule has 70 valence electrons. The number of hydrogen-bond acceptors (Lipinski definition) is 2. The second kappa shape index (κ2) is 2.98. The highest BCUT2D eigenvalue weighted by Gasteiger charge is 2.24. The van der Waals surface area contributed by atoms with Crippen LogP contribution in [0.3, 0.4) is 0 Å². The Morgan fingerprint density at radius 2 is 2.38 bits per heavy atom. The molecule has 1 aromatic rings. The highest BCUT2D eigenvalue weighted by molar-refractivity contribution is 5.92. The van der Waals surface area contributed by atoms with Crippen molar-refractivity contribution in [3.05, 3.63) is 17.7 Å². The van der Waals surface area contributed by atoms with Gasteiger partial charge in [0.2, 0.25) is 0 Å². The third kappa shape index (κ3) is 1.64. The quantitative estimate of drug-likeness (QED) is 0.661. The molecule has 2 rings (SSSR count). The van der Waals surface area contributed by atoms with Crippen molar-refractivity contribution in [1.82, 2.24) is 9.55 Å². The van der Waals surface area contributed by atoms with Gasteiger partial charge in [0.15, 0.2) is 5.78 Å². The highest BCUT2D eigenvalue weighted by atomic mass is 16.1. The summed E-state index contributed by atoms with van der Waals surface area (Å²) in [5, 5.41) is 0. The zero-order valence-electron chi connectivity index (χ0n) is 8.08. The molecule has 0 aromatic carbocycles. The predicted octanol–water partition coefficient (Wildman–Crippen LogP) is 1.80. The Balaban J connectivity index is 2.27. The van der Waals surface area contributed by atoms with Crippen molar-refractivity contribution in [3.8, 4) is 0 Å². The molecule has 0 bridgehead atoms. The maximum absolute atomic E-state index is 11.2. The Bertz CT molecular complexity index is 337. The first-order valence-electron chi connectivity index (χ1n) is 4.71. The van der Waals surface area contributed by atoms with Crippen LogP contribution < -0.4 is 0 Å². The number of nitrogens with zero attached hydrogens (tertiary/aromatic N) is 2. The summed E-state index contributed by atoms with van der Waals surface area (Å²) in [6.45, 7) is 4.52. The van der Waals surface area contributed by atoms with Gasteiger partial charge in [0.1, 0.15) is 11.5 Å². The lowest BCUT2D eigenvalue weighted by atomic mass is 10.3. The maximum Gasteiger partial charge on any atom is 0.177 e. The monoisotopic (exact) mass is 178 g/mol. The standard InChI is InChI=1S/C10H14N2O/c1-7(13)10-5-11-8(2)12(10)6-9-3-4-9/h5,9H,3-4,6H2,1-2H3. The van der Waals surface area contributed by atoms with Crippen molar-refractivity contribution in [2.24, 2.45) is 5.92 Å². The fourth-order valence-electron chi connectivity index (χ4n) is 1.54. The van der Waals surface area contributed by atoms with Gasteiger partial charge in [0.05, 0.1) is 6.20 Å². The van der Waals surface area contributed by atoms with E-state index in [9.17, 15) is 4.79 Å². The smallest absolute Gasteiger partial charge is 0.177 e. The summed E-state index contributed by atoms with van der Waals surface area (Å²) >= 11 is 0. The number of rotatable bonds is 3. The number of carbonyl (C=O) groups excluding carboxylic acids is 1. The van der Waals surface area contributed by atoms with Crippen LogP contribution in [0.15, 0.2) is 6.20 Å². The summed E-state index contributed by atoms with van der Waals surface area (Å²) in [5.41, 5.74) is 0.754. The third-order valence-corrected chi connectivity index (χ3v) is 2.55. The lowest BCUT2D eigenvalue weighted by Crippen LogP contribution is -2.09. The first-order chi connectivity index (χ1) is 6.18. The minimum atomic E-state index is 0.112. The largest absolute Gasteiger partial charge is 0.326 e. The molecule has 1 fully saturated rings. The molecule has 0 unspecified atom stereocenters. The van der Waals surface area contributed by atoms with E-state index in [-0.39, 0.29) is 5.78 Å². The Kier molecular flexibility index (Phi) is 1.94. The van der Waals surface area contributed by atoms with Crippen molar-refractivity contribution >= 4 is 5.78 Å². The zero-order valence-corrected chi connectivity index (χ0v) is 8.08. The molecular weight excluding hydrogens is 164 g/mol. The molecule has 0 aliphatic heterocycles. The maximum atomic E-state index is 11.2. The molecule has 13 heavy (non-hydrogen) atoms. The van der Waals surface area contributed by atoms with Crippen LogP contribution in [-0.2, 0) is 6.54 Å². The summed E-state index contributed by atoms with van der Waals surface area (Å²) in [6.07, 6.45) is 4.28. The molecule has 0 atom stereocenters. The van der Waals surface area contributed by atoms with Gasteiger partial charge in [-0.1, -0.05) is 0 Å². The molecule has 0 saturated heterocycles. The van der Waals surface area contributed by atoms with Gasteiger partial charge in [-0.25, -0.2) is 4.98 Å². The lowest BCUT2D eigenvalue weighted by Gasteiger charge is -2.06. The molecule has 1 aliphatic rings. The van der Waals surface area contributed by atoms with Crippen LogP contribution in [0.2, 0.25) is 0 Å². The number of Topliss-reactive ketones (excluding diaryl/α,β-unsaturated/α-hetero) is 1. The summed E-state index contributed by atoms with van der Waals surface area (Å²) in [4.78, 5) is 15.4. The fraction of sp³-hybridized carbons (Fsp3) is 0.600. The molecule has 1 aromatic heterocycles. The van der Waals surface area contributed by atoms with Crippen LogP contribution in [0.4, 0.5) is 0 Å². The van der Waals surface area contributed by atoms with E-state index in [2.05, 4.69) is 4.98 Å². The summed E-state index contributed by atoms with van der Waals surface area (Å²) in [6, 6.07) is 0. The number of aromatic nitrogens is 2.